The van der Waals surface area contributed by atoms with Crippen molar-refractivity contribution >= 4 is 23.6 Å². The predicted molar refractivity (Wildman–Crippen MR) is 61.4 cm³/mol. The number of urea groups is 1. The van der Waals surface area contributed by atoms with Crippen molar-refractivity contribution in [1.82, 2.24) is 9.91 Å². The Balaban J connectivity index is 2.49. The molecule has 0 atom stereocenters. The van der Waals surface area contributed by atoms with E-state index in [9.17, 15) is 14.4 Å². The van der Waals surface area contributed by atoms with Gasteiger partial charge in [0.05, 0.1) is 12.2 Å². The summed E-state index contributed by atoms with van der Waals surface area (Å²) in [5, 5.41) is 4.96. The Bertz CT molecular complexity index is 506. The number of carbonyl (C=O) groups is 3. The van der Waals surface area contributed by atoms with Crippen molar-refractivity contribution in [3.05, 3.63) is 11.3 Å². The number of rotatable bonds is 2. The van der Waals surface area contributed by atoms with Gasteiger partial charge in [0.25, 0.3) is 5.91 Å². The van der Waals surface area contributed by atoms with Gasteiger partial charge in [-0.05, 0) is 13.8 Å². The summed E-state index contributed by atoms with van der Waals surface area (Å²) >= 11 is 0. The van der Waals surface area contributed by atoms with Crippen LogP contribution < -0.4 is 0 Å². The molecule has 1 saturated heterocycles. The van der Waals surface area contributed by atoms with Crippen molar-refractivity contribution in [2.75, 3.05) is 13.7 Å². The molecule has 7 heteroatoms. The number of imide groups is 1. The first-order valence-electron chi connectivity index (χ1n) is 5.53. The number of hydrogen-bond donors (Lipinski definition) is 0. The van der Waals surface area contributed by atoms with Gasteiger partial charge in [-0.25, -0.2) is 9.59 Å². The Morgan fingerprint density at radius 1 is 1.44 bits per heavy atom. The highest BCUT2D eigenvalue weighted by atomic mass is 16.5. The zero-order valence-electron chi connectivity index (χ0n) is 10.4. The van der Waals surface area contributed by atoms with Crippen LogP contribution in [0.15, 0.2) is 16.4 Å². The summed E-state index contributed by atoms with van der Waals surface area (Å²) in [6.45, 7) is 3.58. The van der Waals surface area contributed by atoms with Crippen LogP contribution in [0.4, 0.5) is 4.79 Å². The average molecular weight is 251 g/mol. The number of fused-ring (bicyclic) bond motifs is 1. The highest BCUT2D eigenvalue weighted by molar-refractivity contribution is 6.17. The predicted octanol–water partition coefficient (Wildman–Crippen LogP) is 0.477. The number of hydrogen-bond acceptors (Lipinski definition) is 5. The van der Waals surface area contributed by atoms with Crippen molar-refractivity contribution in [3.63, 3.8) is 0 Å². The van der Waals surface area contributed by atoms with E-state index in [1.165, 1.54) is 7.05 Å². The van der Waals surface area contributed by atoms with Crippen LogP contribution >= 0.6 is 0 Å². The standard InChI is InChI=1S/C11H13N3O4/c1-4-18-10(16)7-5-6(2)12-14-8(7)9(15)13(3)11(14)17/h4-5H2,1-3H3. The number of nitrogens with zero attached hydrogens (tertiary/aromatic N) is 3. The largest absolute Gasteiger partial charge is 0.463 e. The third-order valence-electron chi connectivity index (χ3n) is 2.70. The van der Waals surface area contributed by atoms with E-state index in [-0.39, 0.29) is 24.3 Å². The third-order valence-corrected chi connectivity index (χ3v) is 2.70. The summed E-state index contributed by atoms with van der Waals surface area (Å²) < 4.78 is 4.90. The molecule has 2 aliphatic rings. The van der Waals surface area contributed by atoms with E-state index in [4.69, 9.17) is 4.74 Å². The first-order valence-corrected chi connectivity index (χ1v) is 5.53. The van der Waals surface area contributed by atoms with E-state index in [2.05, 4.69) is 5.10 Å². The molecule has 0 aromatic heterocycles. The maximum atomic E-state index is 11.9. The van der Waals surface area contributed by atoms with Gasteiger partial charge in [-0.15, -0.1) is 0 Å². The van der Waals surface area contributed by atoms with Gasteiger partial charge in [-0.1, -0.05) is 0 Å². The first-order chi connectivity index (χ1) is 8.47. The van der Waals surface area contributed by atoms with E-state index in [1.54, 1.807) is 13.8 Å². The Morgan fingerprint density at radius 3 is 2.72 bits per heavy atom. The van der Waals surface area contributed by atoms with Crippen molar-refractivity contribution in [3.8, 4) is 0 Å². The van der Waals surface area contributed by atoms with Gasteiger partial charge in [0.15, 0.2) is 0 Å². The molecule has 2 rings (SSSR count). The fraction of sp³-hybridized carbons (Fsp3) is 0.455. The molecule has 1 fully saturated rings. The number of carbonyl (C=O) groups excluding carboxylic acids is 3. The van der Waals surface area contributed by atoms with Crippen molar-refractivity contribution in [1.29, 1.82) is 0 Å². The van der Waals surface area contributed by atoms with E-state index >= 15 is 0 Å². The van der Waals surface area contributed by atoms with Crippen molar-refractivity contribution in [2.24, 2.45) is 5.10 Å². The fourth-order valence-corrected chi connectivity index (χ4v) is 1.86. The van der Waals surface area contributed by atoms with E-state index in [0.29, 0.717) is 5.71 Å². The lowest BCUT2D eigenvalue weighted by atomic mass is 10.1. The van der Waals surface area contributed by atoms with Crippen LogP contribution in [-0.2, 0) is 14.3 Å². The smallest absolute Gasteiger partial charge is 0.352 e. The highest BCUT2D eigenvalue weighted by Gasteiger charge is 2.44. The quantitative estimate of drug-likeness (QED) is 0.528. The molecule has 0 N–H and O–H groups in total. The van der Waals surface area contributed by atoms with E-state index in [0.717, 1.165) is 9.91 Å². The lowest BCUT2D eigenvalue weighted by Crippen LogP contribution is -2.29. The molecule has 0 aliphatic carbocycles. The van der Waals surface area contributed by atoms with Gasteiger partial charge in [0, 0.05) is 19.2 Å². The molecule has 7 nitrogen and oxygen atoms in total. The average Bonchev–Trinajstić information content (AvgIpc) is 2.54. The second-order valence-corrected chi connectivity index (χ2v) is 4.02. The SMILES string of the molecule is CCOC(=O)C1=C2C(=O)N(C)C(=O)N2N=C(C)C1. The molecule has 0 aromatic carbocycles. The molecule has 0 aromatic rings. The summed E-state index contributed by atoms with van der Waals surface area (Å²) in [5.41, 5.74) is 0.775. The minimum Gasteiger partial charge on any atom is -0.463 e. The Hall–Kier alpha value is -2.18. The normalized spacial score (nSPS) is 19.2. The molecular weight excluding hydrogens is 238 g/mol. The maximum absolute atomic E-state index is 11.9. The van der Waals surface area contributed by atoms with Crippen molar-refractivity contribution in [2.45, 2.75) is 20.3 Å². The van der Waals surface area contributed by atoms with Crippen LogP contribution in [0.25, 0.3) is 0 Å². The molecule has 2 heterocycles. The second kappa shape index (κ2) is 4.25. The zero-order valence-corrected chi connectivity index (χ0v) is 10.4. The summed E-state index contributed by atoms with van der Waals surface area (Å²) in [6, 6.07) is -0.559. The monoisotopic (exact) mass is 251 g/mol. The van der Waals surface area contributed by atoms with Crippen LogP contribution in [0.3, 0.4) is 0 Å². The molecule has 0 radical (unpaired) electrons. The summed E-state index contributed by atoms with van der Waals surface area (Å²) in [5.74, 6) is -1.11. The molecule has 18 heavy (non-hydrogen) atoms. The van der Waals surface area contributed by atoms with Crippen LogP contribution in [0.1, 0.15) is 20.3 Å². The Labute approximate surface area is 104 Å². The molecule has 0 unspecified atom stereocenters. The second-order valence-electron chi connectivity index (χ2n) is 4.02. The molecule has 0 bridgehead atoms. The molecule has 0 saturated carbocycles. The van der Waals surface area contributed by atoms with E-state index < -0.39 is 17.9 Å². The maximum Gasteiger partial charge on any atom is 0.352 e. The van der Waals surface area contributed by atoms with Crippen LogP contribution in [0, 0.1) is 0 Å². The zero-order chi connectivity index (χ0) is 13.4. The fourth-order valence-electron chi connectivity index (χ4n) is 1.86. The molecule has 0 spiro atoms. The van der Waals surface area contributed by atoms with Crippen LogP contribution in [0.5, 0.6) is 0 Å². The van der Waals surface area contributed by atoms with Gasteiger partial charge in [-0.2, -0.15) is 10.1 Å². The van der Waals surface area contributed by atoms with E-state index in [1.807, 2.05) is 0 Å². The number of esters is 1. The number of amides is 3. The number of hydrazone groups is 1. The number of ether oxygens (including phenoxy) is 1. The van der Waals surface area contributed by atoms with Gasteiger partial charge in [0.1, 0.15) is 5.70 Å². The van der Waals surface area contributed by atoms with Gasteiger partial charge in [0.2, 0.25) is 0 Å². The third kappa shape index (κ3) is 1.68. The molecule has 3 amide bonds. The lowest BCUT2D eigenvalue weighted by molar-refractivity contribution is -0.139. The van der Waals surface area contributed by atoms with Gasteiger partial charge >= 0.3 is 12.0 Å². The highest BCUT2D eigenvalue weighted by Crippen LogP contribution is 2.29. The molecular formula is C11H13N3O4. The first kappa shape index (κ1) is 12.3. The summed E-state index contributed by atoms with van der Waals surface area (Å²) in [7, 11) is 1.35. The topological polar surface area (TPSA) is 79.3 Å². The summed E-state index contributed by atoms with van der Waals surface area (Å²) in [6.07, 6.45) is 0.220. The lowest BCUT2D eigenvalue weighted by Gasteiger charge is -2.19. The molecule has 2 aliphatic heterocycles. The van der Waals surface area contributed by atoms with Crippen LogP contribution in [0.2, 0.25) is 0 Å². The summed E-state index contributed by atoms with van der Waals surface area (Å²) in [4.78, 5) is 36.4. The van der Waals surface area contributed by atoms with Gasteiger partial charge < -0.3 is 4.74 Å². The van der Waals surface area contributed by atoms with Crippen molar-refractivity contribution < 1.29 is 19.1 Å². The minimum absolute atomic E-state index is 0.00606. The van der Waals surface area contributed by atoms with Crippen LogP contribution in [-0.4, -0.2) is 47.2 Å². The minimum atomic E-state index is -0.580. The molecule has 96 valence electrons. The number of likely N-dealkylation sites (N-methyl/N-ethyl adjacent to an activating group) is 1. The Kier molecular flexibility index (Phi) is 2.90. The van der Waals surface area contributed by atoms with Gasteiger partial charge in [-0.3, -0.25) is 9.69 Å². The Morgan fingerprint density at radius 2 is 2.11 bits per heavy atom.